The summed E-state index contributed by atoms with van der Waals surface area (Å²) in [5.41, 5.74) is 1.86. The topological polar surface area (TPSA) is 76.1 Å². The lowest BCUT2D eigenvalue weighted by Gasteiger charge is -2.18. The second-order valence-electron chi connectivity index (χ2n) is 5.90. The Morgan fingerprint density at radius 1 is 1.12 bits per heavy atom. The number of benzene rings is 2. The van der Waals surface area contributed by atoms with E-state index in [1.807, 2.05) is 18.2 Å². The molecule has 1 heterocycles. The molecule has 0 radical (unpaired) electrons. The third-order valence-electron chi connectivity index (χ3n) is 4.14. The maximum atomic E-state index is 12.4. The third kappa shape index (κ3) is 3.91. The highest BCUT2D eigenvalue weighted by Crippen LogP contribution is 2.32. The highest BCUT2D eigenvalue weighted by atomic mass is 16.7. The Kier molecular flexibility index (Phi) is 4.88. The fraction of sp³-hybridized carbons (Fsp3) is 0.263. The minimum Gasteiger partial charge on any atom is -0.478 e. The van der Waals surface area contributed by atoms with E-state index in [0.717, 1.165) is 5.56 Å². The summed E-state index contributed by atoms with van der Waals surface area (Å²) >= 11 is 0. The summed E-state index contributed by atoms with van der Waals surface area (Å²) in [6.07, 6.45) is 0.651. The third-order valence-corrected chi connectivity index (χ3v) is 4.14. The molecule has 0 spiro atoms. The number of carboxylic acids is 1. The fourth-order valence-electron chi connectivity index (χ4n) is 2.78. The molecule has 2 aromatic carbocycles. The van der Waals surface area contributed by atoms with Gasteiger partial charge in [-0.3, -0.25) is 4.79 Å². The van der Waals surface area contributed by atoms with Gasteiger partial charge < -0.3 is 19.5 Å². The standard InChI is InChI=1S/C19H19NO5/c1-20(11-13-6-8-16-17(10-13)25-12-24-16)18(21)9-7-14-4-2-3-5-15(14)19(22)23/h2-6,8,10H,7,9,11-12H2,1H3,(H,22,23). The molecule has 0 unspecified atom stereocenters. The van der Waals surface area contributed by atoms with Crippen LogP contribution in [0.3, 0.4) is 0 Å². The normalized spacial score (nSPS) is 12.0. The summed E-state index contributed by atoms with van der Waals surface area (Å²) in [6.45, 7) is 0.673. The van der Waals surface area contributed by atoms with Crippen molar-refractivity contribution < 1.29 is 24.2 Å². The van der Waals surface area contributed by atoms with Crippen LogP contribution in [0.1, 0.15) is 27.9 Å². The van der Waals surface area contributed by atoms with Crippen molar-refractivity contribution in [3.63, 3.8) is 0 Å². The molecule has 6 heteroatoms. The van der Waals surface area contributed by atoms with Crippen LogP contribution in [-0.4, -0.2) is 35.7 Å². The number of carbonyl (C=O) groups excluding carboxylic acids is 1. The van der Waals surface area contributed by atoms with E-state index in [1.54, 1.807) is 36.2 Å². The van der Waals surface area contributed by atoms with E-state index in [1.165, 1.54) is 0 Å². The van der Waals surface area contributed by atoms with Gasteiger partial charge in [0.2, 0.25) is 12.7 Å². The first-order valence-corrected chi connectivity index (χ1v) is 7.98. The van der Waals surface area contributed by atoms with Gasteiger partial charge >= 0.3 is 5.97 Å². The predicted octanol–water partition coefficient (Wildman–Crippen LogP) is 2.70. The predicted molar refractivity (Wildman–Crippen MR) is 90.8 cm³/mol. The second-order valence-corrected chi connectivity index (χ2v) is 5.90. The van der Waals surface area contributed by atoms with Crippen LogP contribution in [0.2, 0.25) is 0 Å². The molecule has 0 aliphatic carbocycles. The lowest BCUT2D eigenvalue weighted by atomic mass is 10.0. The molecule has 0 fully saturated rings. The zero-order chi connectivity index (χ0) is 17.8. The molecule has 2 aromatic rings. The van der Waals surface area contributed by atoms with Gasteiger partial charge in [-0.05, 0) is 35.7 Å². The van der Waals surface area contributed by atoms with E-state index in [4.69, 9.17) is 9.47 Å². The Bertz CT molecular complexity index is 802. The van der Waals surface area contributed by atoms with Crippen LogP contribution >= 0.6 is 0 Å². The monoisotopic (exact) mass is 341 g/mol. The maximum absolute atomic E-state index is 12.4. The van der Waals surface area contributed by atoms with E-state index in [2.05, 4.69) is 0 Å². The van der Waals surface area contributed by atoms with Crippen molar-refractivity contribution >= 4 is 11.9 Å². The maximum Gasteiger partial charge on any atom is 0.335 e. The Labute approximate surface area is 145 Å². The van der Waals surface area contributed by atoms with Gasteiger partial charge in [0.1, 0.15) is 0 Å². The van der Waals surface area contributed by atoms with E-state index >= 15 is 0 Å². The number of hydrogen-bond donors (Lipinski definition) is 1. The molecule has 1 aliphatic rings. The molecule has 3 rings (SSSR count). The number of aryl methyl sites for hydroxylation is 1. The van der Waals surface area contributed by atoms with Gasteiger partial charge in [0.15, 0.2) is 11.5 Å². The SMILES string of the molecule is CN(Cc1ccc2c(c1)OCO2)C(=O)CCc1ccccc1C(=O)O. The molecule has 25 heavy (non-hydrogen) atoms. The lowest BCUT2D eigenvalue weighted by Crippen LogP contribution is -2.26. The first kappa shape index (κ1) is 16.8. The quantitative estimate of drug-likeness (QED) is 0.874. The van der Waals surface area contributed by atoms with Crippen LogP contribution in [0.4, 0.5) is 0 Å². The number of nitrogens with zero attached hydrogens (tertiary/aromatic N) is 1. The summed E-state index contributed by atoms with van der Waals surface area (Å²) < 4.78 is 10.6. The van der Waals surface area contributed by atoms with Gasteiger partial charge in [0, 0.05) is 20.0 Å². The largest absolute Gasteiger partial charge is 0.478 e. The molecule has 0 saturated carbocycles. The average Bonchev–Trinajstić information content (AvgIpc) is 3.07. The van der Waals surface area contributed by atoms with E-state index < -0.39 is 5.97 Å². The summed E-state index contributed by atoms with van der Waals surface area (Å²) in [5.74, 6) is 0.381. The average molecular weight is 341 g/mol. The van der Waals surface area contributed by atoms with Crippen LogP contribution in [-0.2, 0) is 17.8 Å². The van der Waals surface area contributed by atoms with Crippen LogP contribution < -0.4 is 9.47 Å². The Morgan fingerprint density at radius 3 is 2.68 bits per heavy atom. The molecule has 0 saturated heterocycles. The summed E-state index contributed by atoms with van der Waals surface area (Å²) in [4.78, 5) is 25.2. The number of carboxylic acid groups (broad SMARTS) is 1. The zero-order valence-electron chi connectivity index (χ0n) is 13.9. The lowest BCUT2D eigenvalue weighted by molar-refractivity contribution is -0.130. The fourth-order valence-corrected chi connectivity index (χ4v) is 2.78. The summed E-state index contributed by atoms with van der Waals surface area (Å²) in [5, 5.41) is 9.19. The molecule has 6 nitrogen and oxygen atoms in total. The molecule has 130 valence electrons. The van der Waals surface area contributed by atoms with Crippen LogP contribution in [0, 0.1) is 0 Å². The van der Waals surface area contributed by atoms with Crippen molar-refractivity contribution in [2.45, 2.75) is 19.4 Å². The smallest absolute Gasteiger partial charge is 0.335 e. The zero-order valence-corrected chi connectivity index (χ0v) is 13.9. The van der Waals surface area contributed by atoms with E-state index in [9.17, 15) is 14.7 Å². The van der Waals surface area contributed by atoms with E-state index in [0.29, 0.717) is 30.0 Å². The molecule has 0 bridgehead atoms. The molecular weight excluding hydrogens is 322 g/mol. The minimum absolute atomic E-state index is 0.0436. The number of rotatable bonds is 6. The second kappa shape index (κ2) is 7.25. The number of ether oxygens (including phenoxy) is 2. The molecule has 1 aliphatic heterocycles. The Balaban J connectivity index is 1.59. The van der Waals surface area contributed by atoms with Crippen LogP contribution in [0.15, 0.2) is 42.5 Å². The molecule has 0 atom stereocenters. The van der Waals surface area contributed by atoms with Crippen molar-refractivity contribution in [3.8, 4) is 11.5 Å². The van der Waals surface area contributed by atoms with Gasteiger partial charge in [0.25, 0.3) is 0 Å². The van der Waals surface area contributed by atoms with Crippen molar-refractivity contribution in [2.24, 2.45) is 0 Å². The van der Waals surface area contributed by atoms with Crippen molar-refractivity contribution in [1.29, 1.82) is 0 Å². The first-order valence-electron chi connectivity index (χ1n) is 7.98. The highest BCUT2D eigenvalue weighted by Gasteiger charge is 2.16. The van der Waals surface area contributed by atoms with Gasteiger partial charge in [-0.1, -0.05) is 24.3 Å². The number of carbonyl (C=O) groups is 2. The number of aromatic carboxylic acids is 1. The number of fused-ring (bicyclic) bond motifs is 1. The van der Waals surface area contributed by atoms with Crippen LogP contribution in [0.5, 0.6) is 11.5 Å². The van der Waals surface area contributed by atoms with Crippen molar-refractivity contribution in [2.75, 3.05) is 13.8 Å². The van der Waals surface area contributed by atoms with E-state index in [-0.39, 0.29) is 24.7 Å². The minimum atomic E-state index is -0.975. The van der Waals surface area contributed by atoms with Gasteiger partial charge in [0.05, 0.1) is 5.56 Å². The molecule has 0 aromatic heterocycles. The van der Waals surface area contributed by atoms with Gasteiger partial charge in [-0.2, -0.15) is 0 Å². The molecular formula is C19H19NO5. The first-order chi connectivity index (χ1) is 12.0. The summed E-state index contributed by atoms with van der Waals surface area (Å²) in [7, 11) is 1.73. The molecule has 1 N–H and O–H groups in total. The summed E-state index contributed by atoms with van der Waals surface area (Å²) in [6, 6.07) is 12.4. The number of hydrogen-bond acceptors (Lipinski definition) is 4. The Hall–Kier alpha value is -3.02. The van der Waals surface area contributed by atoms with Crippen molar-refractivity contribution in [1.82, 2.24) is 4.90 Å². The van der Waals surface area contributed by atoms with Gasteiger partial charge in [-0.15, -0.1) is 0 Å². The van der Waals surface area contributed by atoms with Crippen LogP contribution in [0.25, 0.3) is 0 Å². The Morgan fingerprint density at radius 2 is 1.88 bits per heavy atom. The number of amides is 1. The molecule has 1 amide bonds. The highest BCUT2D eigenvalue weighted by molar-refractivity contribution is 5.89. The van der Waals surface area contributed by atoms with Crippen molar-refractivity contribution in [3.05, 3.63) is 59.2 Å². The van der Waals surface area contributed by atoms with Gasteiger partial charge in [-0.25, -0.2) is 4.79 Å².